The van der Waals surface area contributed by atoms with E-state index in [2.05, 4.69) is 52.1 Å². The maximum atomic E-state index is 9.77. The number of benzene rings is 1. The maximum absolute atomic E-state index is 9.77. The summed E-state index contributed by atoms with van der Waals surface area (Å²) in [7, 11) is 0. The van der Waals surface area contributed by atoms with Gasteiger partial charge in [-0.15, -0.1) is 0 Å². The Balaban J connectivity index is 0.000000203. The van der Waals surface area contributed by atoms with Gasteiger partial charge in [0, 0.05) is 22.6 Å². The molecule has 0 spiro atoms. The third kappa shape index (κ3) is 6.12. The van der Waals surface area contributed by atoms with Crippen molar-refractivity contribution in [2.75, 3.05) is 0 Å². The third-order valence-corrected chi connectivity index (χ3v) is 4.54. The molecular formula is C18H20N2OS2. The fourth-order valence-electron chi connectivity index (χ4n) is 2.05. The molecule has 3 nitrogen and oxygen atoms in total. The van der Waals surface area contributed by atoms with Crippen molar-refractivity contribution in [1.82, 2.24) is 0 Å². The minimum absolute atomic E-state index is 0.0255. The molecule has 0 bridgehead atoms. The summed E-state index contributed by atoms with van der Waals surface area (Å²) in [5.74, 6) is 0. The van der Waals surface area contributed by atoms with E-state index in [0.29, 0.717) is 0 Å². The molecule has 0 unspecified atom stereocenters. The van der Waals surface area contributed by atoms with Crippen molar-refractivity contribution in [3.05, 3.63) is 60.2 Å². The fourth-order valence-corrected chi connectivity index (χ4v) is 3.04. The lowest BCUT2D eigenvalue weighted by Gasteiger charge is -1.98. The van der Waals surface area contributed by atoms with E-state index in [1.807, 2.05) is 24.3 Å². The zero-order chi connectivity index (χ0) is 16.3. The number of hydrogen-bond acceptors (Lipinski definition) is 4. The molecule has 120 valence electrons. The van der Waals surface area contributed by atoms with E-state index in [1.54, 1.807) is 11.9 Å². The van der Waals surface area contributed by atoms with Crippen LogP contribution in [-0.4, -0.2) is 16.0 Å². The van der Waals surface area contributed by atoms with Crippen LogP contribution in [0.5, 0.6) is 0 Å². The average Bonchev–Trinajstić information content (AvgIpc) is 3.00. The molecule has 0 N–H and O–H groups in total. The summed E-state index contributed by atoms with van der Waals surface area (Å²) in [5, 5.41) is 0. The quantitative estimate of drug-likeness (QED) is 0.702. The minimum Gasteiger partial charge on any atom is -0.216 e. The number of hydrogen-bond donors (Lipinski definition) is 0. The Hall–Kier alpha value is -1.72. The first-order valence-corrected chi connectivity index (χ1v) is 9.15. The van der Waals surface area contributed by atoms with Crippen LogP contribution in [0.1, 0.15) is 31.7 Å². The van der Waals surface area contributed by atoms with Gasteiger partial charge in [-0.3, -0.25) is 0 Å². The van der Waals surface area contributed by atoms with Gasteiger partial charge in [0.25, 0.3) is 0 Å². The largest absolute Gasteiger partial charge is 0.216 e. The highest BCUT2D eigenvalue weighted by molar-refractivity contribution is 7.98. The number of nitrogens with zero attached hydrogens (tertiary/aromatic N) is 2. The Kier molecular flexibility index (Phi) is 7.77. The van der Waals surface area contributed by atoms with Crippen LogP contribution in [-0.2, 0) is 11.5 Å². The third-order valence-electron chi connectivity index (χ3n) is 3.31. The first-order valence-electron chi connectivity index (χ1n) is 7.68. The summed E-state index contributed by atoms with van der Waals surface area (Å²) >= 11 is 1.86. The summed E-state index contributed by atoms with van der Waals surface area (Å²) in [4.78, 5) is 1.25. The Labute approximate surface area is 145 Å². The van der Waals surface area contributed by atoms with Crippen molar-refractivity contribution in [2.24, 2.45) is 8.76 Å². The molecule has 23 heavy (non-hydrogen) atoms. The second-order valence-corrected chi connectivity index (χ2v) is 6.25. The van der Waals surface area contributed by atoms with Crippen LogP contribution in [0, 0.1) is 0 Å². The van der Waals surface area contributed by atoms with Crippen molar-refractivity contribution in [1.29, 1.82) is 0 Å². The summed E-state index contributed by atoms with van der Waals surface area (Å²) in [5.41, 5.74) is 2.48. The van der Waals surface area contributed by atoms with Crippen molar-refractivity contribution in [2.45, 2.75) is 37.1 Å². The van der Waals surface area contributed by atoms with Crippen LogP contribution in [0.2, 0.25) is 0 Å². The molecule has 1 aliphatic heterocycles. The molecule has 3 rings (SSSR count). The van der Waals surface area contributed by atoms with Gasteiger partial charge in [-0.2, -0.15) is 8.57 Å². The molecule has 0 atom stereocenters. The van der Waals surface area contributed by atoms with Crippen molar-refractivity contribution < 1.29 is 4.21 Å². The van der Waals surface area contributed by atoms with Gasteiger partial charge in [-0.05, 0) is 30.5 Å². The highest BCUT2D eigenvalue weighted by atomic mass is 32.2. The molecule has 1 aliphatic carbocycles. The van der Waals surface area contributed by atoms with Gasteiger partial charge in [-0.1, -0.05) is 61.9 Å². The van der Waals surface area contributed by atoms with Crippen molar-refractivity contribution in [3.63, 3.8) is 0 Å². The molecular weight excluding hydrogens is 324 g/mol. The predicted molar refractivity (Wildman–Crippen MR) is 101 cm³/mol. The molecule has 2 aliphatic rings. The molecule has 0 saturated heterocycles. The molecule has 0 aromatic heterocycles. The van der Waals surface area contributed by atoms with Gasteiger partial charge in [0.05, 0.1) is 0 Å². The lowest BCUT2D eigenvalue weighted by atomic mass is 10.1. The topological polar surface area (TPSA) is 41.8 Å². The molecule has 0 radical (unpaired) electrons. The van der Waals surface area contributed by atoms with Crippen LogP contribution in [0.3, 0.4) is 0 Å². The minimum atomic E-state index is 0.0255. The molecule has 1 aromatic rings. The number of rotatable bonds is 4. The van der Waals surface area contributed by atoms with E-state index in [4.69, 9.17) is 0 Å². The van der Waals surface area contributed by atoms with E-state index in [0.717, 1.165) is 6.42 Å². The van der Waals surface area contributed by atoms with Gasteiger partial charge in [0.15, 0.2) is 11.5 Å². The van der Waals surface area contributed by atoms with E-state index in [-0.39, 0.29) is 17.5 Å². The van der Waals surface area contributed by atoms with Gasteiger partial charge < -0.3 is 0 Å². The number of unbranched alkanes of at least 4 members (excludes halogenated alkanes) is 1. The van der Waals surface area contributed by atoms with Gasteiger partial charge >= 0.3 is 0 Å². The number of fused-ring (bicyclic) bond motifs is 1. The second kappa shape index (κ2) is 10.1. The van der Waals surface area contributed by atoms with E-state index in [9.17, 15) is 4.21 Å². The standard InChI is InChI=1S/C13H15NS.C5H5NOS/c1-2-3-7-12-10-9-11-6-4-5-8-13(11)15-14-12;7-8-6-5-3-1-2-4-5/h4-6,8-10H,2-3,7H2,1H3;1-5H. The predicted octanol–water partition coefficient (Wildman–Crippen LogP) is 5.23. The van der Waals surface area contributed by atoms with E-state index in [1.165, 1.54) is 29.0 Å². The Bertz CT molecular complexity index is 674. The Morgan fingerprint density at radius 2 is 2.00 bits per heavy atom. The van der Waals surface area contributed by atoms with E-state index >= 15 is 0 Å². The lowest BCUT2D eigenvalue weighted by Crippen LogP contribution is -1.90. The molecule has 5 heteroatoms. The molecule has 0 amide bonds. The van der Waals surface area contributed by atoms with Crippen LogP contribution in [0.25, 0.3) is 6.08 Å². The Morgan fingerprint density at radius 1 is 1.22 bits per heavy atom. The van der Waals surface area contributed by atoms with E-state index < -0.39 is 0 Å². The van der Waals surface area contributed by atoms with Crippen LogP contribution in [0.15, 0.2) is 68.3 Å². The fraction of sp³-hybridized carbons (Fsp3) is 0.278. The molecule has 0 fully saturated rings. The molecule has 1 aromatic carbocycles. The van der Waals surface area contributed by atoms with Crippen molar-refractivity contribution >= 4 is 35.2 Å². The highest BCUT2D eigenvalue weighted by Crippen LogP contribution is 2.27. The monoisotopic (exact) mass is 344 g/mol. The van der Waals surface area contributed by atoms with Crippen LogP contribution < -0.4 is 0 Å². The second-order valence-electron chi connectivity index (χ2n) is 5.09. The highest BCUT2D eigenvalue weighted by Gasteiger charge is 2.04. The van der Waals surface area contributed by atoms with Crippen LogP contribution >= 0.6 is 11.9 Å². The summed E-state index contributed by atoms with van der Waals surface area (Å²) in [6.07, 6.45) is 15.3. The van der Waals surface area contributed by atoms with Gasteiger partial charge in [-0.25, -0.2) is 4.40 Å². The molecule has 0 saturated carbocycles. The van der Waals surface area contributed by atoms with Crippen LogP contribution in [0.4, 0.5) is 0 Å². The summed E-state index contributed by atoms with van der Waals surface area (Å²) in [6.45, 7) is 2.21. The normalized spacial score (nSPS) is 15.3. The Morgan fingerprint density at radius 3 is 2.74 bits per heavy atom. The zero-order valence-electron chi connectivity index (χ0n) is 13.1. The van der Waals surface area contributed by atoms with Gasteiger partial charge in [0.2, 0.25) is 0 Å². The first kappa shape index (κ1) is 17.6. The summed E-state index contributed by atoms with van der Waals surface area (Å²) in [6, 6.07) is 8.42. The lowest BCUT2D eigenvalue weighted by molar-refractivity contribution is 0.696. The summed E-state index contributed by atoms with van der Waals surface area (Å²) < 4.78 is 17.9. The smallest absolute Gasteiger partial charge is 0.200 e. The zero-order valence-corrected chi connectivity index (χ0v) is 14.7. The SMILES string of the molecule is CCCCC1=NSc2ccccc2C=C1.O=S=NC1C=CC=C1. The first-order chi connectivity index (χ1) is 11.3. The maximum Gasteiger partial charge on any atom is 0.200 e. The molecule has 1 heterocycles. The number of allylic oxidation sites excluding steroid dienone is 3. The van der Waals surface area contributed by atoms with Gasteiger partial charge in [0.1, 0.15) is 6.04 Å². The average molecular weight is 345 g/mol. The van der Waals surface area contributed by atoms with Crippen molar-refractivity contribution in [3.8, 4) is 0 Å².